The zero-order valence-electron chi connectivity index (χ0n) is 8.79. The highest BCUT2D eigenvalue weighted by molar-refractivity contribution is 9.10. The van der Waals surface area contributed by atoms with Crippen molar-refractivity contribution in [2.45, 2.75) is 6.61 Å². The topological polar surface area (TPSA) is 9.23 Å². The fourth-order valence-electron chi connectivity index (χ4n) is 1.36. The lowest BCUT2D eigenvalue weighted by Gasteiger charge is -2.08. The monoisotopic (exact) mass is 358 g/mol. The molecule has 0 fully saturated rings. The van der Waals surface area contributed by atoms with E-state index in [0.29, 0.717) is 6.61 Å². The summed E-state index contributed by atoms with van der Waals surface area (Å²) in [6.45, 7) is 0.328. The first-order valence-electron chi connectivity index (χ1n) is 4.98. The van der Waals surface area contributed by atoms with Crippen LogP contribution in [0.15, 0.2) is 51.4 Å². The Labute approximate surface area is 116 Å². The van der Waals surface area contributed by atoms with Gasteiger partial charge in [-0.05, 0) is 24.3 Å². The van der Waals surface area contributed by atoms with Crippen LogP contribution < -0.4 is 4.74 Å². The summed E-state index contributed by atoms with van der Waals surface area (Å²) < 4.78 is 20.6. The van der Waals surface area contributed by atoms with Gasteiger partial charge in [0.2, 0.25) is 0 Å². The molecule has 2 aromatic carbocycles. The largest absolute Gasteiger partial charge is 0.486 e. The van der Waals surface area contributed by atoms with Gasteiger partial charge in [-0.1, -0.05) is 50.1 Å². The summed E-state index contributed by atoms with van der Waals surface area (Å²) in [5, 5.41) is 0. The van der Waals surface area contributed by atoms with E-state index < -0.39 is 0 Å². The Bertz CT molecular complexity index is 529. The van der Waals surface area contributed by atoms with Gasteiger partial charge in [-0.15, -0.1) is 0 Å². The van der Waals surface area contributed by atoms with Gasteiger partial charge < -0.3 is 4.74 Å². The van der Waals surface area contributed by atoms with Crippen molar-refractivity contribution in [1.29, 1.82) is 0 Å². The molecule has 0 unspecified atom stereocenters. The molecule has 0 spiro atoms. The molecule has 2 rings (SSSR count). The second kappa shape index (κ2) is 5.65. The molecule has 0 atom stereocenters. The molecule has 0 aromatic heterocycles. The van der Waals surface area contributed by atoms with E-state index >= 15 is 0 Å². The summed E-state index contributed by atoms with van der Waals surface area (Å²) in [6, 6.07) is 12.3. The van der Waals surface area contributed by atoms with E-state index in [9.17, 15) is 4.39 Å². The Kier molecular flexibility index (Phi) is 4.18. The lowest BCUT2D eigenvalue weighted by Crippen LogP contribution is -1.98. The molecule has 4 heteroatoms. The predicted octanol–water partition coefficient (Wildman–Crippen LogP) is 4.93. The molecule has 0 aliphatic rings. The minimum absolute atomic E-state index is 0.245. The lowest BCUT2D eigenvalue weighted by molar-refractivity contribution is 0.289. The highest BCUT2D eigenvalue weighted by atomic mass is 79.9. The molecule has 0 aliphatic carbocycles. The van der Waals surface area contributed by atoms with Gasteiger partial charge in [0.1, 0.15) is 6.61 Å². The fraction of sp³-hybridized carbons (Fsp3) is 0.0769. The van der Waals surface area contributed by atoms with E-state index in [0.717, 1.165) is 14.5 Å². The van der Waals surface area contributed by atoms with E-state index in [1.165, 1.54) is 6.07 Å². The summed E-state index contributed by atoms with van der Waals surface area (Å²) >= 11 is 6.70. The van der Waals surface area contributed by atoms with Gasteiger partial charge in [-0.3, -0.25) is 0 Å². The van der Waals surface area contributed by atoms with E-state index in [1.54, 1.807) is 12.1 Å². The molecule has 1 nitrogen and oxygen atoms in total. The first kappa shape index (κ1) is 12.6. The third-order valence-electron chi connectivity index (χ3n) is 2.23. The number of halogens is 3. The van der Waals surface area contributed by atoms with Gasteiger partial charge in [0.05, 0.1) is 0 Å². The maximum absolute atomic E-state index is 13.4. The van der Waals surface area contributed by atoms with Crippen molar-refractivity contribution in [3.8, 4) is 5.75 Å². The van der Waals surface area contributed by atoms with Crippen molar-refractivity contribution < 1.29 is 9.13 Å². The average Bonchev–Trinajstić information content (AvgIpc) is 2.32. The third kappa shape index (κ3) is 3.30. The van der Waals surface area contributed by atoms with Crippen LogP contribution in [0.2, 0.25) is 0 Å². The molecule has 0 saturated carbocycles. The second-order valence-electron chi connectivity index (χ2n) is 3.45. The first-order chi connectivity index (χ1) is 8.16. The van der Waals surface area contributed by atoms with Gasteiger partial charge in [-0.2, -0.15) is 0 Å². The molecule has 0 heterocycles. The van der Waals surface area contributed by atoms with Crippen molar-refractivity contribution >= 4 is 31.9 Å². The van der Waals surface area contributed by atoms with E-state index in [4.69, 9.17) is 4.74 Å². The zero-order valence-corrected chi connectivity index (χ0v) is 12.0. The molecule has 0 saturated heterocycles. The van der Waals surface area contributed by atoms with Crippen molar-refractivity contribution in [1.82, 2.24) is 0 Å². The Morgan fingerprint density at radius 3 is 2.59 bits per heavy atom. The molecule has 88 valence electrons. The molecule has 0 amide bonds. The molecular formula is C13H9Br2FO. The molecular weight excluding hydrogens is 351 g/mol. The minimum atomic E-state index is -0.361. The molecule has 2 aromatic rings. The van der Waals surface area contributed by atoms with Crippen LogP contribution in [0.25, 0.3) is 0 Å². The van der Waals surface area contributed by atoms with Crippen molar-refractivity contribution in [2.75, 3.05) is 0 Å². The summed E-state index contributed by atoms with van der Waals surface area (Å²) in [6.07, 6.45) is 0. The van der Waals surface area contributed by atoms with Crippen LogP contribution in [0.3, 0.4) is 0 Å². The van der Waals surface area contributed by atoms with Crippen LogP contribution >= 0.6 is 31.9 Å². The van der Waals surface area contributed by atoms with Crippen molar-refractivity contribution in [3.63, 3.8) is 0 Å². The molecule has 0 N–H and O–H groups in total. The average molecular weight is 360 g/mol. The first-order valence-corrected chi connectivity index (χ1v) is 6.56. The van der Waals surface area contributed by atoms with Gasteiger partial charge in [0, 0.05) is 14.5 Å². The molecule has 17 heavy (non-hydrogen) atoms. The van der Waals surface area contributed by atoms with Gasteiger partial charge in [0.15, 0.2) is 11.6 Å². The zero-order chi connectivity index (χ0) is 12.3. The maximum Gasteiger partial charge on any atom is 0.165 e. The smallest absolute Gasteiger partial charge is 0.165 e. The molecule has 0 aliphatic heterocycles. The van der Waals surface area contributed by atoms with Crippen LogP contribution in [-0.2, 0) is 6.61 Å². The highest BCUT2D eigenvalue weighted by Crippen LogP contribution is 2.24. The third-order valence-corrected chi connectivity index (χ3v) is 3.50. The van der Waals surface area contributed by atoms with Crippen LogP contribution in [0.4, 0.5) is 4.39 Å². The van der Waals surface area contributed by atoms with Crippen molar-refractivity contribution in [2.24, 2.45) is 0 Å². The van der Waals surface area contributed by atoms with Crippen molar-refractivity contribution in [3.05, 3.63) is 62.8 Å². The fourth-order valence-corrected chi connectivity index (χ4v) is 2.10. The molecule has 0 bridgehead atoms. The second-order valence-corrected chi connectivity index (χ2v) is 5.22. The van der Waals surface area contributed by atoms with E-state index in [2.05, 4.69) is 31.9 Å². The minimum Gasteiger partial charge on any atom is -0.486 e. The quantitative estimate of drug-likeness (QED) is 0.754. The lowest BCUT2D eigenvalue weighted by atomic mass is 10.2. The number of benzene rings is 2. The van der Waals surface area contributed by atoms with Gasteiger partial charge in [0.25, 0.3) is 0 Å². The van der Waals surface area contributed by atoms with Crippen LogP contribution in [0, 0.1) is 5.82 Å². The summed E-state index contributed by atoms with van der Waals surface area (Å²) in [7, 11) is 0. The highest BCUT2D eigenvalue weighted by Gasteiger charge is 2.05. The van der Waals surface area contributed by atoms with Gasteiger partial charge >= 0.3 is 0 Å². The summed E-state index contributed by atoms with van der Waals surface area (Å²) in [5.74, 6) is -0.115. The Balaban J connectivity index is 2.12. The Hall–Kier alpha value is -0.870. The summed E-state index contributed by atoms with van der Waals surface area (Å²) in [5.41, 5.74) is 0.979. The van der Waals surface area contributed by atoms with Crippen LogP contribution in [0.1, 0.15) is 5.56 Å². The van der Waals surface area contributed by atoms with E-state index in [-0.39, 0.29) is 11.6 Å². The number of rotatable bonds is 3. The SMILES string of the molecule is Fc1ccc(Br)cc1OCc1ccccc1Br. The predicted molar refractivity (Wildman–Crippen MR) is 72.6 cm³/mol. The number of hydrogen-bond acceptors (Lipinski definition) is 1. The Morgan fingerprint density at radius 2 is 1.82 bits per heavy atom. The Morgan fingerprint density at radius 1 is 1.06 bits per heavy atom. The standard InChI is InChI=1S/C13H9Br2FO/c14-10-5-6-12(16)13(7-10)17-8-9-3-1-2-4-11(9)15/h1-7H,8H2. The number of ether oxygens (including phenoxy) is 1. The van der Waals surface area contributed by atoms with Crippen LogP contribution in [0.5, 0.6) is 5.75 Å². The van der Waals surface area contributed by atoms with E-state index in [1.807, 2.05) is 24.3 Å². The normalized spacial score (nSPS) is 10.3. The number of hydrogen-bond donors (Lipinski definition) is 0. The summed E-state index contributed by atoms with van der Waals surface area (Å²) in [4.78, 5) is 0. The molecule has 0 radical (unpaired) electrons. The van der Waals surface area contributed by atoms with Gasteiger partial charge in [-0.25, -0.2) is 4.39 Å². The maximum atomic E-state index is 13.4. The van der Waals surface area contributed by atoms with Crippen LogP contribution in [-0.4, -0.2) is 0 Å².